The highest BCUT2D eigenvalue weighted by Crippen LogP contribution is 2.59. The third kappa shape index (κ3) is 4.57. The minimum Gasteiger partial charge on any atom is -0.435 e. The Balaban J connectivity index is 1.44. The molecule has 33 heavy (non-hydrogen) atoms. The van der Waals surface area contributed by atoms with Crippen LogP contribution in [0.15, 0.2) is 29.2 Å². The standard InChI is InChI=1S/C22H29F2N3O5S/c1-21(2,27-33(30,31)16-5-3-15(4-6-16)32-20(23)24)19(29)26-17-13-7-12-8-14(17)11-22(9-12,10-13)18(25)28/h3-6,12-14,17,20,27H,7-11H2,1-2H3,(H2,25,28)(H,26,29). The Bertz CT molecular complexity index is 1030. The maximum Gasteiger partial charge on any atom is 0.387 e. The van der Waals surface area contributed by atoms with Crippen molar-refractivity contribution in [2.45, 2.75) is 69.0 Å². The van der Waals surface area contributed by atoms with Crippen molar-refractivity contribution in [1.29, 1.82) is 0 Å². The highest BCUT2D eigenvalue weighted by Gasteiger charge is 2.58. The van der Waals surface area contributed by atoms with Crippen LogP contribution in [0.5, 0.6) is 5.75 Å². The molecule has 8 nitrogen and oxygen atoms in total. The van der Waals surface area contributed by atoms with Gasteiger partial charge in [-0.25, -0.2) is 8.42 Å². The summed E-state index contributed by atoms with van der Waals surface area (Å²) in [5.74, 6) is -0.174. The molecule has 0 aliphatic heterocycles. The van der Waals surface area contributed by atoms with E-state index in [4.69, 9.17) is 5.73 Å². The summed E-state index contributed by atoms with van der Waals surface area (Å²) in [6.07, 6.45) is 3.98. The van der Waals surface area contributed by atoms with Gasteiger partial charge in [0.1, 0.15) is 11.3 Å². The smallest absolute Gasteiger partial charge is 0.387 e. The number of nitrogens with two attached hydrogens (primary N) is 1. The van der Waals surface area contributed by atoms with E-state index in [-0.39, 0.29) is 34.4 Å². The third-order valence-electron chi connectivity index (χ3n) is 7.41. The Hall–Kier alpha value is -2.27. The number of nitrogens with one attached hydrogen (secondary N) is 2. The lowest BCUT2D eigenvalue weighted by molar-refractivity contribution is -0.148. The van der Waals surface area contributed by atoms with Gasteiger partial charge in [-0.3, -0.25) is 9.59 Å². The number of ether oxygens (including phenoxy) is 1. The average Bonchev–Trinajstić information content (AvgIpc) is 2.69. The molecule has 182 valence electrons. The number of carbonyl (C=O) groups excluding carboxylic acids is 2. The molecule has 4 bridgehead atoms. The van der Waals surface area contributed by atoms with Gasteiger partial charge in [0.2, 0.25) is 21.8 Å². The quantitative estimate of drug-likeness (QED) is 0.520. The lowest BCUT2D eigenvalue weighted by Gasteiger charge is -2.59. The molecule has 1 aromatic rings. The molecule has 4 aliphatic carbocycles. The predicted octanol–water partition coefficient (Wildman–Crippen LogP) is 2.14. The minimum absolute atomic E-state index is 0.129. The molecule has 4 fully saturated rings. The van der Waals surface area contributed by atoms with E-state index in [9.17, 15) is 26.8 Å². The van der Waals surface area contributed by atoms with Crippen LogP contribution < -0.4 is 20.5 Å². The van der Waals surface area contributed by atoms with Gasteiger partial charge < -0.3 is 15.8 Å². The molecule has 2 atom stereocenters. The molecule has 11 heteroatoms. The van der Waals surface area contributed by atoms with Crippen molar-refractivity contribution >= 4 is 21.8 Å². The molecule has 4 N–H and O–H groups in total. The van der Waals surface area contributed by atoms with Gasteiger partial charge in [-0.05, 0) is 88.0 Å². The van der Waals surface area contributed by atoms with E-state index in [2.05, 4.69) is 14.8 Å². The fraction of sp³-hybridized carbons (Fsp3) is 0.636. The van der Waals surface area contributed by atoms with Gasteiger partial charge in [0, 0.05) is 11.5 Å². The van der Waals surface area contributed by atoms with E-state index in [1.54, 1.807) is 0 Å². The number of primary amides is 1. The summed E-state index contributed by atoms with van der Waals surface area (Å²) < 4.78 is 56.9. The maximum atomic E-state index is 13.1. The Morgan fingerprint density at radius 1 is 1.12 bits per heavy atom. The van der Waals surface area contributed by atoms with Crippen LogP contribution in [-0.2, 0) is 19.6 Å². The lowest BCUT2D eigenvalue weighted by atomic mass is 9.47. The van der Waals surface area contributed by atoms with E-state index < -0.39 is 33.5 Å². The number of benzene rings is 1. The van der Waals surface area contributed by atoms with Crippen molar-refractivity contribution in [1.82, 2.24) is 10.0 Å². The highest BCUT2D eigenvalue weighted by atomic mass is 32.2. The van der Waals surface area contributed by atoms with Gasteiger partial charge >= 0.3 is 6.61 Å². The van der Waals surface area contributed by atoms with Crippen molar-refractivity contribution in [3.63, 3.8) is 0 Å². The van der Waals surface area contributed by atoms with Crippen molar-refractivity contribution in [3.8, 4) is 5.75 Å². The Morgan fingerprint density at radius 2 is 1.70 bits per heavy atom. The van der Waals surface area contributed by atoms with Crippen molar-refractivity contribution < 1.29 is 31.5 Å². The normalized spacial score (nSPS) is 30.9. The topological polar surface area (TPSA) is 128 Å². The monoisotopic (exact) mass is 485 g/mol. The third-order valence-corrected chi connectivity index (χ3v) is 9.08. The number of alkyl halides is 2. The number of amides is 2. The van der Waals surface area contributed by atoms with Crippen LogP contribution in [0.4, 0.5) is 8.78 Å². The van der Waals surface area contributed by atoms with Crippen LogP contribution >= 0.6 is 0 Å². The predicted molar refractivity (Wildman–Crippen MR) is 115 cm³/mol. The zero-order valence-corrected chi connectivity index (χ0v) is 19.3. The van der Waals surface area contributed by atoms with Gasteiger partial charge in [0.15, 0.2) is 0 Å². The zero-order chi connectivity index (χ0) is 24.2. The summed E-state index contributed by atoms with van der Waals surface area (Å²) in [7, 11) is -4.11. The molecule has 0 radical (unpaired) electrons. The number of hydrogen-bond donors (Lipinski definition) is 3. The number of halogens is 2. The average molecular weight is 486 g/mol. The van der Waals surface area contributed by atoms with E-state index in [0.717, 1.165) is 43.5 Å². The van der Waals surface area contributed by atoms with Crippen LogP contribution in [-0.4, -0.2) is 38.4 Å². The molecule has 4 aliphatic rings. The van der Waals surface area contributed by atoms with Crippen molar-refractivity contribution in [2.24, 2.45) is 28.9 Å². The van der Waals surface area contributed by atoms with Crippen molar-refractivity contribution in [3.05, 3.63) is 24.3 Å². The first-order valence-corrected chi connectivity index (χ1v) is 12.5. The maximum absolute atomic E-state index is 13.1. The molecule has 0 heterocycles. The van der Waals surface area contributed by atoms with Gasteiger partial charge in [-0.2, -0.15) is 13.5 Å². The molecule has 0 aromatic heterocycles. The summed E-state index contributed by atoms with van der Waals surface area (Å²) >= 11 is 0. The number of carbonyl (C=O) groups is 2. The summed E-state index contributed by atoms with van der Waals surface area (Å²) in [4.78, 5) is 25.1. The Labute approximate surface area is 191 Å². The van der Waals surface area contributed by atoms with Gasteiger partial charge in [0.25, 0.3) is 0 Å². The molecular formula is C22H29F2N3O5S. The van der Waals surface area contributed by atoms with E-state index in [1.165, 1.54) is 13.8 Å². The molecule has 4 saturated carbocycles. The fourth-order valence-corrected chi connectivity index (χ4v) is 7.51. The summed E-state index contributed by atoms with van der Waals surface area (Å²) in [6, 6.07) is 4.38. The number of rotatable bonds is 8. The second-order valence-electron chi connectivity index (χ2n) is 10.2. The van der Waals surface area contributed by atoms with Gasteiger partial charge in [-0.15, -0.1) is 0 Å². The van der Waals surface area contributed by atoms with Crippen LogP contribution in [0, 0.1) is 23.2 Å². The molecule has 0 saturated heterocycles. The Kier molecular flexibility index (Phi) is 5.93. The summed E-state index contributed by atoms with van der Waals surface area (Å²) in [5, 5.41) is 3.04. The van der Waals surface area contributed by atoms with Gasteiger partial charge in [0.05, 0.1) is 4.90 Å². The molecule has 2 unspecified atom stereocenters. The fourth-order valence-electron chi connectivity index (χ4n) is 6.13. The Morgan fingerprint density at radius 3 is 2.21 bits per heavy atom. The number of sulfonamides is 1. The number of hydrogen-bond acceptors (Lipinski definition) is 5. The van der Waals surface area contributed by atoms with Crippen LogP contribution in [0.2, 0.25) is 0 Å². The molecule has 0 spiro atoms. The largest absolute Gasteiger partial charge is 0.435 e. The molecule has 5 rings (SSSR count). The second kappa shape index (κ2) is 8.19. The van der Waals surface area contributed by atoms with Gasteiger partial charge in [-0.1, -0.05) is 0 Å². The molecular weight excluding hydrogens is 456 g/mol. The summed E-state index contributed by atoms with van der Waals surface area (Å²) in [5.41, 5.74) is 3.77. The van der Waals surface area contributed by atoms with Crippen LogP contribution in [0.1, 0.15) is 46.0 Å². The van der Waals surface area contributed by atoms with E-state index in [0.29, 0.717) is 18.8 Å². The molecule has 2 amide bonds. The van der Waals surface area contributed by atoms with Crippen LogP contribution in [0.3, 0.4) is 0 Å². The van der Waals surface area contributed by atoms with Crippen LogP contribution in [0.25, 0.3) is 0 Å². The van der Waals surface area contributed by atoms with E-state index >= 15 is 0 Å². The van der Waals surface area contributed by atoms with E-state index in [1.807, 2.05) is 0 Å². The zero-order valence-electron chi connectivity index (χ0n) is 18.5. The second-order valence-corrected chi connectivity index (χ2v) is 11.9. The van der Waals surface area contributed by atoms with Crippen molar-refractivity contribution in [2.75, 3.05) is 0 Å². The SMILES string of the molecule is CC(C)(NS(=O)(=O)c1ccc(OC(F)F)cc1)C(=O)NC1C2CC3CC1CC(C(N)=O)(C3)C2. The highest BCUT2D eigenvalue weighted by molar-refractivity contribution is 7.89. The molecule has 1 aromatic carbocycles. The minimum atomic E-state index is -4.11. The first kappa shape index (κ1) is 23.9. The lowest BCUT2D eigenvalue weighted by Crippen LogP contribution is -2.65. The first-order chi connectivity index (χ1) is 15.3. The summed E-state index contributed by atoms with van der Waals surface area (Å²) in [6.45, 7) is -0.0826. The first-order valence-electron chi connectivity index (χ1n) is 11.0.